The minimum absolute atomic E-state index is 0.0177. The predicted octanol–water partition coefficient (Wildman–Crippen LogP) is 2.23. The standard InChI is InChI=1S/C15H15N3O3/c1-10(11(2)15(20)21)14(19)17-12-6-3-4-7-13(12)18-9-5-8-16-18/h3-9H,1-2H3,(H,17,19)(H,20,21). The van der Waals surface area contributed by atoms with E-state index in [1.54, 1.807) is 35.3 Å². The maximum Gasteiger partial charge on any atom is 0.331 e. The maximum absolute atomic E-state index is 12.1. The molecule has 0 spiro atoms. The quantitative estimate of drug-likeness (QED) is 0.844. The molecule has 1 aromatic heterocycles. The number of amides is 1. The van der Waals surface area contributed by atoms with Crippen LogP contribution in [0.1, 0.15) is 13.8 Å². The van der Waals surface area contributed by atoms with E-state index in [0.717, 1.165) is 0 Å². The van der Waals surface area contributed by atoms with Crippen LogP contribution in [0.5, 0.6) is 0 Å². The number of aliphatic carboxylic acids is 1. The van der Waals surface area contributed by atoms with Gasteiger partial charge in [0.25, 0.3) is 5.91 Å². The summed E-state index contributed by atoms with van der Waals surface area (Å²) in [5.41, 5.74) is 1.45. The summed E-state index contributed by atoms with van der Waals surface area (Å²) in [7, 11) is 0. The molecule has 0 fully saturated rings. The van der Waals surface area contributed by atoms with Crippen molar-refractivity contribution in [2.24, 2.45) is 0 Å². The van der Waals surface area contributed by atoms with Crippen molar-refractivity contribution in [1.29, 1.82) is 0 Å². The first-order chi connectivity index (χ1) is 10.0. The molecular weight excluding hydrogens is 270 g/mol. The Morgan fingerprint density at radius 2 is 1.86 bits per heavy atom. The molecule has 21 heavy (non-hydrogen) atoms. The topological polar surface area (TPSA) is 84.2 Å². The molecule has 0 saturated carbocycles. The van der Waals surface area contributed by atoms with E-state index < -0.39 is 11.9 Å². The monoisotopic (exact) mass is 285 g/mol. The molecule has 2 aromatic rings. The zero-order valence-electron chi connectivity index (χ0n) is 11.7. The molecule has 0 bridgehead atoms. The highest BCUT2D eigenvalue weighted by Crippen LogP contribution is 2.20. The van der Waals surface area contributed by atoms with Gasteiger partial charge >= 0.3 is 5.97 Å². The van der Waals surface area contributed by atoms with Crippen LogP contribution in [-0.4, -0.2) is 26.8 Å². The Morgan fingerprint density at radius 3 is 2.48 bits per heavy atom. The molecule has 0 unspecified atom stereocenters. The van der Waals surface area contributed by atoms with Crippen LogP contribution in [0.15, 0.2) is 53.9 Å². The van der Waals surface area contributed by atoms with Gasteiger partial charge in [-0.1, -0.05) is 12.1 Å². The molecule has 0 aliphatic rings. The number of carbonyl (C=O) groups excluding carboxylic acids is 1. The zero-order valence-corrected chi connectivity index (χ0v) is 11.7. The van der Waals surface area contributed by atoms with E-state index >= 15 is 0 Å². The maximum atomic E-state index is 12.1. The molecule has 1 amide bonds. The summed E-state index contributed by atoms with van der Waals surface area (Å²) in [6.45, 7) is 2.88. The normalized spacial score (nSPS) is 11.7. The molecule has 0 aliphatic heterocycles. The van der Waals surface area contributed by atoms with Crippen LogP contribution in [0.4, 0.5) is 5.69 Å². The fourth-order valence-electron chi connectivity index (χ4n) is 1.74. The molecule has 0 saturated heterocycles. The van der Waals surface area contributed by atoms with Gasteiger partial charge in [0.1, 0.15) is 0 Å². The Labute approximate surface area is 121 Å². The average molecular weight is 285 g/mol. The van der Waals surface area contributed by atoms with Gasteiger partial charge in [0.15, 0.2) is 0 Å². The lowest BCUT2D eigenvalue weighted by atomic mass is 10.1. The summed E-state index contributed by atoms with van der Waals surface area (Å²) in [5.74, 6) is -1.56. The molecule has 6 nitrogen and oxygen atoms in total. The number of hydrogen-bond donors (Lipinski definition) is 2. The van der Waals surface area contributed by atoms with E-state index in [9.17, 15) is 9.59 Å². The van der Waals surface area contributed by atoms with Gasteiger partial charge in [-0.15, -0.1) is 0 Å². The molecule has 2 N–H and O–H groups in total. The number of carboxylic acids is 1. The van der Waals surface area contributed by atoms with Gasteiger partial charge in [0.2, 0.25) is 0 Å². The first-order valence-electron chi connectivity index (χ1n) is 6.32. The Bertz CT molecular complexity index is 703. The van der Waals surface area contributed by atoms with E-state index in [-0.39, 0.29) is 11.1 Å². The predicted molar refractivity (Wildman–Crippen MR) is 78.2 cm³/mol. The largest absolute Gasteiger partial charge is 0.478 e. The minimum atomic E-state index is -1.11. The second kappa shape index (κ2) is 6.04. The summed E-state index contributed by atoms with van der Waals surface area (Å²) in [5, 5.41) is 15.8. The van der Waals surface area contributed by atoms with E-state index in [1.807, 2.05) is 12.1 Å². The van der Waals surface area contributed by atoms with Crippen LogP contribution >= 0.6 is 0 Å². The number of benzene rings is 1. The Hall–Kier alpha value is -2.89. The van der Waals surface area contributed by atoms with Gasteiger partial charge in [-0.25, -0.2) is 9.48 Å². The molecule has 108 valence electrons. The van der Waals surface area contributed by atoms with E-state index in [4.69, 9.17) is 5.11 Å². The average Bonchev–Trinajstić information content (AvgIpc) is 3.00. The summed E-state index contributed by atoms with van der Waals surface area (Å²) < 4.78 is 1.62. The van der Waals surface area contributed by atoms with Crippen molar-refractivity contribution in [3.8, 4) is 5.69 Å². The molecular formula is C15H15N3O3. The SMILES string of the molecule is CC(C(=O)O)=C(C)C(=O)Nc1ccccc1-n1cccn1. The fraction of sp³-hybridized carbons (Fsp3) is 0.133. The number of carboxylic acid groups (broad SMARTS) is 1. The second-order valence-electron chi connectivity index (χ2n) is 4.48. The zero-order chi connectivity index (χ0) is 15.4. The smallest absolute Gasteiger partial charge is 0.331 e. The van der Waals surface area contributed by atoms with Gasteiger partial charge in [0, 0.05) is 23.5 Å². The van der Waals surface area contributed by atoms with Crippen LogP contribution in [0.2, 0.25) is 0 Å². The van der Waals surface area contributed by atoms with Crippen LogP contribution in [0, 0.1) is 0 Å². The van der Waals surface area contributed by atoms with Crippen molar-refractivity contribution >= 4 is 17.6 Å². The summed E-state index contributed by atoms with van der Waals surface area (Å²) in [6.07, 6.45) is 3.40. The van der Waals surface area contributed by atoms with Crippen LogP contribution in [0.25, 0.3) is 5.69 Å². The van der Waals surface area contributed by atoms with E-state index in [2.05, 4.69) is 10.4 Å². The Kier molecular flexibility index (Phi) is 4.18. The number of hydrogen-bond acceptors (Lipinski definition) is 3. The number of aromatic nitrogens is 2. The van der Waals surface area contributed by atoms with Gasteiger partial charge in [0.05, 0.1) is 11.4 Å². The summed E-state index contributed by atoms with van der Waals surface area (Å²) in [4.78, 5) is 23.0. The van der Waals surface area contributed by atoms with Gasteiger partial charge in [-0.2, -0.15) is 5.10 Å². The number of nitrogens with one attached hydrogen (secondary N) is 1. The van der Waals surface area contributed by atoms with Crippen molar-refractivity contribution in [2.45, 2.75) is 13.8 Å². The van der Waals surface area contributed by atoms with Crippen LogP contribution in [-0.2, 0) is 9.59 Å². The highest BCUT2D eigenvalue weighted by molar-refractivity contribution is 6.08. The fourth-order valence-corrected chi connectivity index (χ4v) is 1.74. The third-order valence-electron chi connectivity index (χ3n) is 3.13. The second-order valence-corrected chi connectivity index (χ2v) is 4.48. The molecule has 0 atom stereocenters. The van der Waals surface area contributed by atoms with E-state index in [1.165, 1.54) is 13.8 Å². The lowest BCUT2D eigenvalue weighted by Gasteiger charge is -2.11. The lowest BCUT2D eigenvalue weighted by molar-refractivity contribution is -0.133. The molecule has 0 aliphatic carbocycles. The first-order valence-corrected chi connectivity index (χ1v) is 6.32. The van der Waals surface area contributed by atoms with Gasteiger partial charge in [-0.05, 0) is 32.0 Å². The van der Waals surface area contributed by atoms with Gasteiger partial charge in [-0.3, -0.25) is 4.79 Å². The first kappa shape index (κ1) is 14.5. The number of anilines is 1. The Morgan fingerprint density at radius 1 is 1.14 bits per heavy atom. The summed E-state index contributed by atoms with van der Waals surface area (Å²) in [6, 6.07) is 8.94. The summed E-state index contributed by atoms with van der Waals surface area (Å²) >= 11 is 0. The molecule has 2 rings (SSSR count). The lowest BCUT2D eigenvalue weighted by Crippen LogP contribution is -2.17. The molecule has 1 heterocycles. The number of carbonyl (C=O) groups is 2. The Balaban J connectivity index is 2.31. The highest BCUT2D eigenvalue weighted by atomic mass is 16.4. The molecule has 6 heteroatoms. The number of para-hydroxylation sites is 2. The van der Waals surface area contributed by atoms with Gasteiger partial charge < -0.3 is 10.4 Å². The molecule has 0 radical (unpaired) electrons. The van der Waals surface area contributed by atoms with Crippen LogP contribution < -0.4 is 5.32 Å². The van der Waals surface area contributed by atoms with Crippen LogP contribution in [0.3, 0.4) is 0 Å². The van der Waals surface area contributed by atoms with Crippen molar-refractivity contribution < 1.29 is 14.7 Å². The number of rotatable bonds is 4. The number of nitrogens with zero attached hydrogens (tertiary/aromatic N) is 2. The van der Waals surface area contributed by atoms with Crippen molar-refractivity contribution in [3.63, 3.8) is 0 Å². The highest BCUT2D eigenvalue weighted by Gasteiger charge is 2.14. The van der Waals surface area contributed by atoms with E-state index in [0.29, 0.717) is 11.4 Å². The third-order valence-corrected chi connectivity index (χ3v) is 3.13. The third kappa shape index (κ3) is 3.17. The van der Waals surface area contributed by atoms with Crippen molar-refractivity contribution in [3.05, 3.63) is 53.9 Å². The van der Waals surface area contributed by atoms with Crippen molar-refractivity contribution in [2.75, 3.05) is 5.32 Å². The van der Waals surface area contributed by atoms with Crippen molar-refractivity contribution in [1.82, 2.24) is 9.78 Å². The minimum Gasteiger partial charge on any atom is -0.478 e. The molecule has 1 aromatic carbocycles.